The van der Waals surface area contributed by atoms with Crippen LogP contribution in [-0.2, 0) is 28.6 Å². The van der Waals surface area contributed by atoms with Crippen molar-refractivity contribution >= 4 is 37.0 Å². The fourth-order valence-corrected chi connectivity index (χ4v) is 7.26. The predicted molar refractivity (Wildman–Crippen MR) is 69.9 cm³/mol. The van der Waals surface area contributed by atoms with E-state index in [1.807, 2.05) is 0 Å². The Hall–Kier alpha value is -0.810. The largest absolute Gasteiger partial charge is 0.481 e. The van der Waals surface area contributed by atoms with Crippen molar-refractivity contribution in [2.75, 3.05) is 6.26 Å². The number of hydrogen-bond donors (Lipinski definition) is 6. The van der Waals surface area contributed by atoms with Gasteiger partial charge in [-0.1, -0.05) is 6.92 Å². The van der Waals surface area contributed by atoms with Crippen molar-refractivity contribution in [2.24, 2.45) is 5.92 Å². The molecule has 0 spiro atoms. The number of aliphatic carboxylic acids is 2. The summed E-state index contributed by atoms with van der Waals surface area (Å²) in [5.74, 6) is -7.56. The van der Waals surface area contributed by atoms with E-state index in [0.717, 1.165) is 0 Å². The fourth-order valence-electron chi connectivity index (χ4n) is 2.16. The maximum Gasteiger partial charge on any atom is 0.358 e. The highest BCUT2D eigenvalue weighted by molar-refractivity contribution is 8.00. The van der Waals surface area contributed by atoms with Crippen LogP contribution in [0.25, 0.3) is 0 Å². The van der Waals surface area contributed by atoms with E-state index in [0.29, 0.717) is 6.92 Å². The van der Waals surface area contributed by atoms with Gasteiger partial charge in [0.05, 0.1) is 0 Å². The molecule has 3 unspecified atom stereocenters. The van der Waals surface area contributed by atoms with E-state index >= 15 is 0 Å². The first-order chi connectivity index (χ1) is 9.42. The molecule has 0 rings (SSSR count). The molecular formula is C7H14O12P2S. The van der Waals surface area contributed by atoms with E-state index in [2.05, 4.69) is 0 Å². The molecule has 0 aromatic heterocycles. The van der Waals surface area contributed by atoms with E-state index in [4.69, 9.17) is 20.0 Å². The summed E-state index contributed by atoms with van der Waals surface area (Å²) in [7, 11) is -16.9. The Morgan fingerprint density at radius 2 is 1.41 bits per heavy atom. The molecule has 130 valence electrons. The molecule has 6 N–H and O–H groups in total. The first-order valence-corrected chi connectivity index (χ1v) is 10.4. The van der Waals surface area contributed by atoms with Crippen LogP contribution in [0.4, 0.5) is 0 Å². The van der Waals surface area contributed by atoms with Gasteiger partial charge in [0.1, 0.15) is 0 Å². The summed E-state index contributed by atoms with van der Waals surface area (Å²) < 4.78 is 42.1. The van der Waals surface area contributed by atoms with Crippen molar-refractivity contribution in [2.45, 2.75) is 17.1 Å². The minimum Gasteiger partial charge on any atom is -0.481 e. The van der Waals surface area contributed by atoms with Gasteiger partial charge in [-0.3, -0.25) is 13.9 Å². The van der Waals surface area contributed by atoms with Crippen LogP contribution in [0.1, 0.15) is 6.92 Å². The molecule has 15 heteroatoms. The number of carbonyl (C=O) groups is 2. The molecule has 0 bridgehead atoms. The second-order valence-electron chi connectivity index (χ2n) is 4.48. The molecule has 0 aliphatic heterocycles. The Labute approximate surface area is 124 Å². The molecule has 0 amide bonds. The molecule has 0 aromatic carbocycles. The van der Waals surface area contributed by atoms with Crippen LogP contribution >= 0.6 is 15.2 Å². The van der Waals surface area contributed by atoms with Gasteiger partial charge < -0.3 is 29.8 Å². The lowest BCUT2D eigenvalue weighted by Gasteiger charge is -2.36. The molecule has 0 aromatic rings. The van der Waals surface area contributed by atoms with Crippen LogP contribution < -0.4 is 0 Å². The second-order valence-corrected chi connectivity index (χ2v) is 10.5. The zero-order chi connectivity index (χ0) is 18.3. The Morgan fingerprint density at radius 3 is 1.55 bits per heavy atom. The molecule has 3 atom stereocenters. The van der Waals surface area contributed by atoms with E-state index in [-0.39, 0.29) is 6.26 Å². The van der Waals surface area contributed by atoms with Gasteiger partial charge in [0, 0.05) is 12.2 Å². The third kappa shape index (κ3) is 3.40. The lowest BCUT2D eigenvalue weighted by atomic mass is 10.0. The molecule has 0 saturated heterocycles. The Morgan fingerprint density at radius 1 is 1.05 bits per heavy atom. The summed E-state index contributed by atoms with van der Waals surface area (Å²) in [6.07, 6.45) is 0.120. The zero-order valence-electron chi connectivity index (χ0n) is 11.1. The number of rotatable bonds is 7. The van der Waals surface area contributed by atoms with Crippen LogP contribution in [-0.4, -0.2) is 66.5 Å². The van der Waals surface area contributed by atoms with Gasteiger partial charge in [-0.15, -0.1) is 0 Å². The zero-order valence-corrected chi connectivity index (χ0v) is 13.7. The molecule has 0 radical (unpaired) electrons. The van der Waals surface area contributed by atoms with E-state index in [1.54, 1.807) is 0 Å². The van der Waals surface area contributed by atoms with Gasteiger partial charge in [0.15, 0.2) is 15.5 Å². The number of hydrogen-bond acceptors (Lipinski definition) is 6. The lowest BCUT2D eigenvalue weighted by molar-refractivity contribution is -0.141. The van der Waals surface area contributed by atoms with Gasteiger partial charge in [0.2, 0.25) is 0 Å². The van der Waals surface area contributed by atoms with Gasteiger partial charge in [-0.25, -0.2) is 13.2 Å². The molecule has 0 aliphatic carbocycles. The minimum absolute atomic E-state index is 0.120. The average Bonchev–Trinajstić information content (AvgIpc) is 2.07. The summed E-state index contributed by atoms with van der Waals surface area (Å²) in [6, 6.07) is 0. The average molecular weight is 384 g/mol. The first-order valence-electron chi connectivity index (χ1n) is 5.19. The van der Waals surface area contributed by atoms with E-state index < -0.39 is 53.0 Å². The highest BCUT2D eigenvalue weighted by Gasteiger charge is 2.70. The third-order valence-corrected chi connectivity index (χ3v) is 9.25. The van der Waals surface area contributed by atoms with Crippen molar-refractivity contribution in [3.8, 4) is 0 Å². The highest BCUT2D eigenvalue weighted by atomic mass is 32.2. The number of carboxylic acid groups (broad SMARTS) is 2. The van der Waals surface area contributed by atoms with Crippen LogP contribution in [0, 0.1) is 5.92 Å². The van der Waals surface area contributed by atoms with Crippen LogP contribution in [0.3, 0.4) is 0 Å². The first kappa shape index (κ1) is 21.2. The smallest absolute Gasteiger partial charge is 0.358 e. The number of carboxylic acids is 2. The van der Waals surface area contributed by atoms with Crippen molar-refractivity contribution in [1.82, 2.24) is 0 Å². The summed E-state index contributed by atoms with van der Waals surface area (Å²) >= 11 is 0. The molecule has 12 nitrogen and oxygen atoms in total. The molecule has 0 aliphatic rings. The Balaban J connectivity index is 6.86. The van der Waals surface area contributed by atoms with E-state index in [9.17, 15) is 36.9 Å². The van der Waals surface area contributed by atoms with Gasteiger partial charge in [0.25, 0.3) is 4.49 Å². The summed E-state index contributed by atoms with van der Waals surface area (Å²) in [5.41, 5.74) is -2.95. The molecule has 0 saturated carbocycles. The van der Waals surface area contributed by atoms with E-state index in [1.165, 1.54) is 0 Å². The molecule has 22 heavy (non-hydrogen) atoms. The normalized spacial score (nSPS) is 19.0. The molecule has 0 fully saturated rings. The molecule has 0 heterocycles. The number of sulfone groups is 1. The predicted octanol–water partition coefficient (Wildman–Crippen LogP) is -1.74. The summed E-state index contributed by atoms with van der Waals surface area (Å²) in [6.45, 7) is 0.423. The standard InChI is InChI=1S/C7H14O12P2S/c1-3(4(5(8)9)20(12,13)14)7(6(10)11,21(15,16)17)22(2,18)19/h3-4H,1-2H3,(H,8,9)(H,10,11)(H2,12,13,14)(H2,15,16,17). The van der Waals surface area contributed by atoms with Gasteiger partial charge >= 0.3 is 27.1 Å². The Bertz CT molecular complexity index is 670. The van der Waals surface area contributed by atoms with Crippen LogP contribution in [0.2, 0.25) is 0 Å². The Kier molecular flexibility index (Phi) is 5.78. The molecular weight excluding hydrogens is 370 g/mol. The van der Waals surface area contributed by atoms with Crippen molar-refractivity contribution in [3.05, 3.63) is 0 Å². The maximum atomic E-state index is 11.7. The third-order valence-electron chi connectivity index (χ3n) is 3.01. The highest BCUT2D eigenvalue weighted by Crippen LogP contribution is 2.62. The minimum atomic E-state index is -6.10. The van der Waals surface area contributed by atoms with Gasteiger partial charge in [-0.2, -0.15) is 0 Å². The van der Waals surface area contributed by atoms with Crippen molar-refractivity contribution in [1.29, 1.82) is 0 Å². The lowest BCUT2D eigenvalue weighted by Crippen LogP contribution is -2.55. The summed E-state index contributed by atoms with van der Waals surface area (Å²) in [4.78, 5) is 58.7. The fraction of sp³-hybridized carbons (Fsp3) is 0.714. The topological polar surface area (TPSA) is 224 Å². The van der Waals surface area contributed by atoms with Crippen LogP contribution in [0.15, 0.2) is 0 Å². The monoisotopic (exact) mass is 384 g/mol. The van der Waals surface area contributed by atoms with Crippen molar-refractivity contribution in [3.63, 3.8) is 0 Å². The maximum absolute atomic E-state index is 11.7. The summed E-state index contributed by atoms with van der Waals surface area (Å²) in [5, 5.41) is 17.9. The SMILES string of the molecule is CC(C(C(=O)O)P(=O)(O)O)C(C(=O)O)(P(=O)(O)O)S(C)(=O)=O. The van der Waals surface area contributed by atoms with Gasteiger partial charge in [-0.05, 0) is 0 Å². The van der Waals surface area contributed by atoms with Crippen molar-refractivity contribution < 1.29 is 56.9 Å². The quantitative estimate of drug-likeness (QED) is 0.269. The second kappa shape index (κ2) is 6.00. The van der Waals surface area contributed by atoms with Crippen LogP contribution in [0.5, 0.6) is 0 Å².